The predicted octanol–water partition coefficient (Wildman–Crippen LogP) is 2.98. The first-order valence-electron chi connectivity index (χ1n) is 9.42. The number of fused-ring (bicyclic) bond motifs is 1. The van der Waals surface area contributed by atoms with Gasteiger partial charge in [-0.25, -0.2) is 18.4 Å². The van der Waals surface area contributed by atoms with Gasteiger partial charge in [-0.1, -0.05) is 24.8 Å². The average Bonchev–Trinajstić information content (AvgIpc) is 2.71. The molecule has 1 aromatic carbocycles. The molecule has 160 valence electrons. The number of hydrogen-bond donors (Lipinski definition) is 1. The molecule has 0 saturated heterocycles. The third-order valence-corrected chi connectivity index (χ3v) is 5.62. The van der Waals surface area contributed by atoms with E-state index in [0.29, 0.717) is 16.6 Å². The van der Waals surface area contributed by atoms with Gasteiger partial charge in [-0.15, -0.1) is 0 Å². The number of rotatable bonds is 6. The van der Waals surface area contributed by atoms with Crippen molar-refractivity contribution in [2.24, 2.45) is 0 Å². The molecule has 0 spiro atoms. The molecule has 2 aromatic heterocycles. The van der Waals surface area contributed by atoms with Crippen LogP contribution in [-0.2, 0) is 21.2 Å². The minimum Gasteiger partial charge on any atom is -0.382 e. The maximum absolute atomic E-state index is 13.3. The molecule has 3 rings (SSSR count). The number of aromatic nitrogens is 3. The summed E-state index contributed by atoms with van der Waals surface area (Å²) in [5.41, 5.74) is 8.96. The first-order chi connectivity index (χ1) is 14.6. The molecule has 3 aromatic rings. The van der Waals surface area contributed by atoms with Gasteiger partial charge in [0.15, 0.2) is 14.9 Å². The molecule has 0 bridgehead atoms. The van der Waals surface area contributed by atoms with E-state index in [9.17, 15) is 13.2 Å². The normalized spacial score (nSPS) is 12.0. The number of carbonyl (C=O) groups excluding carboxylic acids is 1. The highest BCUT2D eigenvalue weighted by Crippen LogP contribution is 2.28. The van der Waals surface area contributed by atoms with Crippen molar-refractivity contribution in [1.29, 1.82) is 0 Å². The van der Waals surface area contributed by atoms with E-state index in [1.807, 2.05) is 0 Å². The van der Waals surface area contributed by atoms with Crippen LogP contribution in [0.25, 0.3) is 11.0 Å². The Kier molecular flexibility index (Phi) is 6.16. The largest absolute Gasteiger partial charge is 0.382 e. The summed E-state index contributed by atoms with van der Waals surface area (Å²) < 4.78 is 24.8. The highest BCUT2D eigenvalue weighted by molar-refractivity contribution is 7.90. The zero-order valence-electron chi connectivity index (χ0n) is 17.5. The number of hydrogen-bond acceptors (Lipinski definition) is 7. The fourth-order valence-electron chi connectivity index (χ4n) is 3.12. The molecule has 0 aliphatic carbocycles. The van der Waals surface area contributed by atoms with Crippen molar-refractivity contribution in [3.8, 4) is 0 Å². The lowest BCUT2D eigenvalue weighted by Crippen LogP contribution is -2.33. The number of nitrogens with zero attached hydrogens (tertiary/aromatic N) is 4. The Bertz CT molecular complexity index is 1320. The molecule has 1 amide bonds. The molecule has 8 nitrogen and oxygen atoms in total. The number of benzene rings is 1. The van der Waals surface area contributed by atoms with Crippen LogP contribution in [0.1, 0.15) is 18.1 Å². The molecule has 0 atom stereocenters. The summed E-state index contributed by atoms with van der Waals surface area (Å²) in [7, 11) is -3.69. The minimum absolute atomic E-state index is 0.0874. The Balaban J connectivity index is 2.18. The number of pyridine rings is 1. The molecule has 31 heavy (non-hydrogen) atoms. The molecule has 2 N–H and O–H groups in total. The van der Waals surface area contributed by atoms with E-state index in [1.165, 1.54) is 23.4 Å². The fourth-order valence-corrected chi connectivity index (χ4v) is 3.92. The second-order valence-electron chi connectivity index (χ2n) is 7.07. The van der Waals surface area contributed by atoms with E-state index < -0.39 is 15.7 Å². The average molecular weight is 438 g/mol. The van der Waals surface area contributed by atoms with Gasteiger partial charge < -0.3 is 10.6 Å². The maximum Gasteiger partial charge on any atom is 0.258 e. The van der Waals surface area contributed by atoms with Gasteiger partial charge in [0.25, 0.3) is 5.91 Å². The van der Waals surface area contributed by atoms with Crippen molar-refractivity contribution >= 4 is 38.3 Å². The van der Waals surface area contributed by atoms with Gasteiger partial charge >= 0.3 is 0 Å². The van der Waals surface area contributed by atoms with E-state index in [0.717, 1.165) is 17.4 Å². The van der Waals surface area contributed by atoms with Gasteiger partial charge in [0.2, 0.25) is 0 Å². The Labute approximate surface area is 181 Å². The smallest absolute Gasteiger partial charge is 0.258 e. The molecule has 0 radical (unpaired) electrons. The molecule has 0 aliphatic rings. The standard InChI is InChI=1S/C22H23N5O3S/c1-5-16(6-2)22(28)27(19-9-14(3)11-25-21(19)31(4,29)30)13-15-7-8-17-18(10-15)26-20(23)12-24-17/h5-12H,1,13H2,2-4H3,(H2,23,26)/b16-6+. The van der Waals surface area contributed by atoms with Gasteiger partial charge in [-0.2, -0.15) is 0 Å². The van der Waals surface area contributed by atoms with Crippen molar-refractivity contribution in [2.45, 2.75) is 25.4 Å². The van der Waals surface area contributed by atoms with Crippen LogP contribution in [0, 0.1) is 6.92 Å². The first kappa shape index (κ1) is 22.1. The number of nitrogens with two attached hydrogens (primary N) is 1. The molecule has 0 aliphatic heterocycles. The van der Waals surface area contributed by atoms with Gasteiger partial charge in [0.05, 0.1) is 29.5 Å². The minimum atomic E-state index is -3.69. The number of sulfone groups is 1. The van der Waals surface area contributed by atoms with Gasteiger partial charge in [-0.05, 0) is 43.2 Å². The number of aryl methyl sites for hydroxylation is 1. The summed E-state index contributed by atoms with van der Waals surface area (Å²) in [6.45, 7) is 7.28. The van der Waals surface area contributed by atoms with E-state index >= 15 is 0 Å². The third-order valence-electron chi connectivity index (χ3n) is 4.60. The Morgan fingerprint density at radius 1 is 1.19 bits per heavy atom. The SMILES string of the molecule is C=C/C(=C\C)C(=O)N(Cc1ccc2ncc(N)nc2c1)c1cc(C)cnc1S(C)(=O)=O. The van der Waals surface area contributed by atoms with Crippen molar-refractivity contribution < 1.29 is 13.2 Å². The molecule has 2 heterocycles. The summed E-state index contributed by atoms with van der Waals surface area (Å²) in [6, 6.07) is 6.98. The van der Waals surface area contributed by atoms with Crippen molar-refractivity contribution in [3.63, 3.8) is 0 Å². The lowest BCUT2D eigenvalue weighted by Gasteiger charge is -2.25. The molecule has 9 heteroatoms. The van der Waals surface area contributed by atoms with Crippen LogP contribution in [-0.4, -0.2) is 35.5 Å². The Morgan fingerprint density at radius 2 is 1.94 bits per heavy atom. The second kappa shape index (κ2) is 8.65. The molecule has 0 saturated carbocycles. The molecular weight excluding hydrogens is 414 g/mol. The maximum atomic E-state index is 13.3. The lowest BCUT2D eigenvalue weighted by molar-refractivity contribution is -0.115. The van der Waals surface area contributed by atoms with E-state index in [4.69, 9.17) is 5.73 Å². The van der Waals surface area contributed by atoms with Crippen LogP contribution in [0.3, 0.4) is 0 Å². The number of nitrogen functional groups attached to an aromatic ring is 1. The third kappa shape index (κ3) is 4.77. The number of anilines is 2. The predicted molar refractivity (Wildman–Crippen MR) is 121 cm³/mol. The summed E-state index contributed by atoms with van der Waals surface area (Å²) >= 11 is 0. The van der Waals surface area contributed by atoms with Crippen LogP contribution in [0.4, 0.5) is 11.5 Å². The summed E-state index contributed by atoms with van der Waals surface area (Å²) in [5, 5.41) is -0.171. The van der Waals surface area contributed by atoms with Crippen LogP contribution < -0.4 is 10.6 Å². The summed E-state index contributed by atoms with van der Waals surface area (Å²) in [6.07, 6.45) is 7.05. The summed E-state index contributed by atoms with van der Waals surface area (Å²) in [5.74, 6) is -0.115. The highest BCUT2D eigenvalue weighted by atomic mass is 32.2. The van der Waals surface area contributed by atoms with Crippen LogP contribution >= 0.6 is 0 Å². The van der Waals surface area contributed by atoms with E-state index in [-0.39, 0.29) is 23.1 Å². The van der Waals surface area contributed by atoms with Crippen molar-refractivity contribution in [2.75, 3.05) is 16.9 Å². The zero-order chi connectivity index (χ0) is 22.8. The van der Waals surface area contributed by atoms with Crippen LogP contribution in [0.2, 0.25) is 0 Å². The number of amides is 1. The van der Waals surface area contributed by atoms with Gasteiger partial charge in [0, 0.05) is 18.0 Å². The summed E-state index contributed by atoms with van der Waals surface area (Å²) in [4.78, 5) is 27.3. The molecular formula is C22H23N5O3S. The number of allylic oxidation sites excluding steroid dienone is 1. The fraction of sp³-hybridized carbons (Fsp3) is 0.182. The van der Waals surface area contributed by atoms with Crippen molar-refractivity contribution in [1.82, 2.24) is 15.0 Å². The highest BCUT2D eigenvalue weighted by Gasteiger charge is 2.26. The number of carbonyl (C=O) groups is 1. The second-order valence-corrected chi connectivity index (χ2v) is 9.00. The Morgan fingerprint density at radius 3 is 2.58 bits per heavy atom. The first-order valence-corrected chi connectivity index (χ1v) is 11.3. The van der Waals surface area contributed by atoms with Gasteiger partial charge in [-0.3, -0.25) is 9.78 Å². The Hall–Kier alpha value is -3.59. The zero-order valence-corrected chi connectivity index (χ0v) is 18.3. The van der Waals surface area contributed by atoms with Crippen LogP contribution in [0.15, 0.2) is 66.0 Å². The van der Waals surface area contributed by atoms with Crippen LogP contribution in [0.5, 0.6) is 0 Å². The quantitative estimate of drug-likeness (QED) is 0.465. The molecule has 0 unspecified atom stereocenters. The van der Waals surface area contributed by atoms with E-state index in [1.54, 1.807) is 44.2 Å². The topological polar surface area (TPSA) is 119 Å². The van der Waals surface area contributed by atoms with Gasteiger partial charge in [0.1, 0.15) is 5.82 Å². The molecule has 0 fully saturated rings. The van der Waals surface area contributed by atoms with E-state index in [2.05, 4.69) is 21.5 Å². The monoisotopic (exact) mass is 437 g/mol. The lowest BCUT2D eigenvalue weighted by atomic mass is 10.1. The van der Waals surface area contributed by atoms with Crippen molar-refractivity contribution in [3.05, 3.63) is 72.1 Å².